The molecule has 99 heavy (non-hydrogen) atoms. The second-order valence-corrected chi connectivity index (χ2v) is 27.5. The minimum atomic E-state index is -0.258. The van der Waals surface area contributed by atoms with Gasteiger partial charge in [-0.15, -0.1) is 0 Å². The van der Waals surface area contributed by atoms with Gasteiger partial charge in [0.25, 0.3) is 6.71 Å². The molecule has 0 bridgehead atoms. The summed E-state index contributed by atoms with van der Waals surface area (Å²) in [5.74, 6) is 0. The smallest absolute Gasteiger partial charge is 0.252 e. The van der Waals surface area contributed by atoms with E-state index in [4.69, 9.17) is 0 Å². The molecule has 0 radical (unpaired) electrons. The third-order valence-corrected chi connectivity index (χ3v) is 20.9. The van der Waals surface area contributed by atoms with Gasteiger partial charge in [-0.3, -0.25) is 0 Å². The van der Waals surface area contributed by atoms with Crippen LogP contribution in [0.2, 0.25) is 0 Å². The summed E-state index contributed by atoms with van der Waals surface area (Å²) in [7, 11) is 0. The molecule has 466 valence electrons. The monoisotopic (exact) mass is 1260 g/mol. The zero-order valence-corrected chi connectivity index (χ0v) is 55.4. The summed E-state index contributed by atoms with van der Waals surface area (Å²) in [5, 5.41) is 4.94. The van der Waals surface area contributed by atoms with Crippen LogP contribution in [-0.2, 0) is 5.41 Å². The van der Waals surface area contributed by atoms with Crippen LogP contribution in [0.25, 0.3) is 122 Å². The third kappa shape index (κ3) is 9.44. The number of benzene rings is 15. The van der Waals surface area contributed by atoms with Crippen LogP contribution < -0.4 is 26.2 Å². The summed E-state index contributed by atoms with van der Waals surface area (Å²) in [6.07, 6.45) is 0. The number of aromatic nitrogens is 2. The lowest BCUT2D eigenvalue weighted by molar-refractivity contribution is 0.590. The summed E-state index contributed by atoms with van der Waals surface area (Å²) in [6.45, 7) is 6.95. The van der Waals surface area contributed by atoms with Gasteiger partial charge in [-0.2, -0.15) is 0 Å². The molecular weight excluding hydrogens is 1200 g/mol. The van der Waals surface area contributed by atoms with Crippen molar-refractivity contribution in [3.8, 4) is 78.1 Å². The fraction of sp³-hybridized carbons (Fsp3) is 0.0426. The highest BCUT2D eigenvalue weighted by Crippen LogP contribution is 2.50. The maximum absolute atomic E-state index is 2.60. The lowest BCUT2D eigenvalue weighted by atomic mass is 9.33. The lowest BCUT2D eigenvalue weighted by Crippen LogP contribution is -2.61. The fourth-order valence-electron chi connectivity index (χ4n) is 16.3. The summed E-state index contributed by atoms with van der Waals surface area (Å²) < 4.78 is 4.95. The van der Waals surface area contributed by atoms with E-state index in [1.807, 2.05) is 0 Å². The van der Waals surface area contributed by atoms with Crippen LogP contribution in [0.15, 0.2) is 352 Å². The minimum absolute atomic E-state index is 0.156. The molecule has 4 heterocycles. The van der Waals surface area contributed by atoms with Crippen molar-refractivity contribution in [1.82, 2.24) is 9.13 Å². The second kappa shape index (κ2) is 23.2. The average molecular weight is 1260 g/mol. The van der Waals surface area contributed by atoms with E-state index >= 15 is 0 Å². The molecule has 2 aliphatic heterocycles. The minimum Gasteiger partial charge on any atom is -0.311 e. The highest BCUT2D eigenvalue weighted by atomic mass is 15.2. The first-order valence-corrected chi connectivity index (χ1v) is 34.5. The SMILES string of the molecule is CC(C)(C)c1cc2c3c(c1)N(c1ccc(-c4c(-c5ccccc5)cccc4-c4ccccc4)cc1)c1cc(-n4c5ccccc5c5ccccc54)ccc1B3c1ccc(-n3c4ccccc4c4ccccc43)cc1N2c1ccc(-c2c(-c3ccccc3)cccc2-c2ccccc2)cc1. The number of rotatable bonds is 10. The number of fused-ring (bicyclic) bond motifs is 10. The number of anilines is 6. The topological polar surface area (TPSA) is 16.3 Å². The Morgan fingerprint density at radius 3 is 0.848 bits per heavy atom. The quantitative estimate of drug-likeness (QED) is 0.127. The van der Waals surface area contributed by atoms with Gasteiger partial charge in [-0.1, -0.05) is 288 Å². The molecule has 2 aromatic heterocycles. The van der Waals surface area contributed by atoms with Crippen LogP contribution in [0, 0.1) is 0 Å². The van der Waals surface area contributed by atoms with Gasteiger partial charge in [0.15, 0.2) is 0 Å². The molecule has 0 saturated carbocycles. The average Bonchev–Trinajstić information content (AvgIpc) is 1.16. The third-order valence-electron chi connectivity index (χ3n) is 20.9. The van der Waals surface area contributed by atoms with Gasteiger partial charge in [-0.05, 0) is 179 Å². The molecule has 0 saturated heterocycles. The highest BCUT2D eigenvalue weighted by Gasteiger charge is 2.45. The van der Waals surface area contributed by atoms with Crippen LogP contribution in [0.4, 0.5) is 34.1 Å². The summed E-state index contributed by atoms with van der Waals surface area (Å²) in [6, 6.07) is 131. The summed E-state index contributed by atoms with van der Waals surface area (Å²) in [4.78, 5) is 5.21. The highest BCUT2D eigenvalue weighted by molar-refractivity contribution is 7.00. The molecule has 15 aromatic carbocycles. The second-order valence-electron chi connectivity index (χ2n) is 27.5. The largest absolute Gasteiger partial charge is 0.311 e. The molecule has 0 atom stereocenters. The van der Waals surface area contributed by atoms with Crippen LogP contribution >= 0.6 is 0 Å². The van der Waals surface area contributed by atoms with Gasteiger partial charge in [0.05, 0.1) is 22.1 Å². The van der Waals surface area contributed by atoms with Gasteiger partial charge in [0.1, 0.15) is 0 Å². The molecule has 0 amide bonds. The lowest BCUT2D eigenvalue weighted by Gasteiger charge is -2.45. The van der Waals surface area contributed by atoms with Crippen molar-refractivity contribution in [2.24, 2.45) is 0 Å². The first-order valence-electron chi connectivity index (χ1n) is 34.5. The Morgan fingerprint density at radius 1 is 0.242 bits per heavy atom. The summed E-state index contributed by atoms with van der Waals surface area (Å²) >= 11 is 0. The first-order chi connectivity index (χ1) is 48.8. The first kappa shape index (κ1) is 58.0. The summed E-state index contributed by atoms with van der Waals surface area (Å²) in [5.41, 5.74) is 32.7. The van der Waals surface area contributed by atoms with E-state index in [-0.39, 0.29) is 12.1 Å². The Labute approximate surface area is 577 Å². The van der Waals surface area contributed by atoms with E-state index in [0.717, 1.165) is 45.3 Å². The van der Waals surface area contributed by atoms with E-state index in [2.05, 4.69) is 392 Å². The number of para-hydroxylation sites is 4. The van der Waals surface area contributed by atoms with Crippen molar-refractivity contribution in [3.63, 3.8) is 0 Å². The zero-order valence-electron chi connectivity index (χ0n) is 55.4. The van der Waals surface area contributed by atoms with Crippen molar-refractivity contribution >= 4 is 101 Å². The van der Waals surface area contributed by atoms with E-state index in [1.165, 1.54) is 133 Å². The Morgan fingerprint density at radius 2 is 0.535 bits per heavy atom. The Hall–Kier alpha value is -12.4. The van der Waals surface area contributed by atoms with Crippen molar-refractivity contribution < 1.29 is 0 Å². The molecule has 0 aliphatic carbocycles. The molecule has 2 aliphatic rings. The number of hydrogen-bond acceptors (Lipinski definition) is 2. The standard InChI is InChI=1S/C94H67BN4/c1-94(2,3)68-58-89-93-90(59-68)97(70-52-48-67(49-53-70)92-75(64-30-12-6-13-31-64)40-25-41-76(92)65-32-14-7-15-33-65)88-61-72(99-85-44-22-18-36-79(85)80-37-19-23-45-86(80)99)55-57-82(88)95(93)81-56-54-71(98-83-42-20-16-34-77(83)78-35-17-21-43-84(78)98)60-87(81)96(89)69-50-46-66(47-51-69)91-73(62-26-8-4-9-27-62)38-24-39-74(91)63-28-10-5-11-29-63/h4-61H,1-3H3. The maximum atomic E-state index is 2.60. The molecule has 0 unspecified atom stereocenters. The van der Waals surface area contributed by atoms with E-state index in [9.17, 15) is 0 Å². The van der Waals surface area contributed by atoms with Gasteiger partial charge >= 0.3 is 0 Å². The predicted molar refractivity (Wildman–Crippen MR) is 420 cm³/mol. The van der Waals surface area contributed by atoms with Gasteiger partial charge in [-0.25, -0.2) is 0 Å². The zero-order chi connectivity index (χ0) is 65.9. The van der Waals surface area contributed by atoms with E-state index in [0.29, 0.717) is 0 Å². The van der Waals surface area contributed by atoms with Gasteiger partial charge < -0.3 is 18.9 Å². The van der Waals surface area contributed by atoms with Gasteiger partial charge in [0.2, 0.25) is 0 Å². The van der Waals surface area contributed by atoms with Crippen molar-refractivity contribution in [2.45, 2.75) is 26.2 Å². The molecule has 17 aromatic rings. The Kier molecular flexibility index (Phi) is 13.6. The molecule has 0 spiro atoms. The van der Waals surface area contributed by atoms with Crippen LogP contribution in [-0.4, -0.2) is 15.8 Å². The predicted octanol–water partition coefficient (Wildman–Crippen LogP) is 23.3. The maximum Gasteiger partial charge on any atom is 0.252 e. The van der Waals surface area contributed by atoms with Crippen molar-refractivity contribution in [1.29, 1.82) is 0 Å². The van der Waals surface area contributed by atoms with Gasteiger partial charge in [0, 0.05) is 67.0 Å². The molecule has 0 N–H and O–H groups in total. The van der Waals surface area contributed by atoms with E-state index in [1.54, 1.807) is 0 Å². The molecule has 19 rings (SSSR count). The Bertz CT molecular complexity index is 5420. The number of nitrogens with zero attached hydrogens (tertiary/aromatic N) is 4. The normalized spacial score (nSPS) is 12.5. The number of hydrogen-bond donors (Lipinski definition) is 0. The van der Waals surface area contributed by atoms with Crippen LogP contribution in [0.3, 0.4) is 0 Å². The molecule has 0 fully saturated rings. The molecule has 5 heteroatoms. The van der Waals surface area contributed by atoms with Crippen LogP contribution in [0.1, 0.15) is 26.3 Å². The molecular formula is C94H67BN4. The Balaban J connectivity index is 0.874. The van der Waals surface area contributed by atoms with Crippen LogP contribution in [0.5, 0.6) is 0 Å². The van der Waals surface area contributed by atoms with E-state index < -0.39 is 0 Å². The van der Waals surface area contributed by atoms with Crippen molar-refractivity contribution in [3.05, 3.63) is 357 Å². The van der Waals surface area contributed by atoms with Crippen molar-refractivity contribution in [2.75, 3.05) is 9.80 Å². The molecule has 4 nitrogen and oxygen atoms in total. The fourth-order valence-corrected chi connectivity index (χ4v) is 16.3.